The number of hydrogen-bond acceptors (Lipinski definition) is 5. The molecule has 1 aliphatic heterocycles. The third kappa shape index (κ3) is 3.17. The van der Waals surface area contributed by atoms with Crippen molar-refractivity contribution >= 4 is 17.7 Å². The average Bonchev–Trinajstić information content (AvgIpc) is 2.47. The molecule has 1 aromatic rings. The van der Waals surface area contributed by atoms with Crippen molar-refractivity contribution in [1.82, 2.24) is 9.97 Å². The van der Waals surface area contributed by atoms with Crippen LogP contribution in [0, 0.1) is 0 Å². The molecule has 1 aliphatic rings. The number of nitrogens with two attached hydrogens (primary N) is 1. The highest BCUT2D eigenvalue weighted by Crippen LogP contribution is 2.35. The Morgan fingerprint density at radius 2 is 2.05 bits per heavy atom. The Bertz CT molecular complexity index is 452. The van der Waals surface area contributed by atoms with E-state index in [0.29, 0.717) is 19.6 Å². The van der Waals surface area contributed by atoms with Crippen LogP contribution in [0.2, 0.25) is 0 Å². The Morgan fingerprint density at radius 3 is 2.55 bits per heavy atom. The lowest BCUT2D eigenvalue weighted by Gasteiger charge is -2.40. The molecule has 8 heteroatoms. The lowest BCUT2D eigenvalue weighted by atomic mass is 9.96. The standard InChI is InChI=1S/C12H17F3N4S/c1-20-11(8-16)3-6-19(7-4-11)10-17-5-2-9(18-10)12(13,14)15/h2,5H,3-4,6-8,16H2,1H3. The molecule has 112 valence electrons. The van der Waals surface area contributed by atoms with Crippen molar-refractivity contribution in [1.29, 1.82) is 0 Å². The van der Waals surface area contributed by atoms with E-state index >= 15 is 0 Å². The van der Waals surface area contributed by atoms with Gasteiger partial charge < -0.3 is 10.6 Å². The van der Waals surface area contributed by atoms with Crippen LogP contribution in [0.4, 0.5) is 19.1 Å². The van der Waals surface area contributed by atoms with E-state index in [1.807, 2.05) is 6.26 Å². The van der Waals surface area contributed by atoms with E-state index in [2.05, 4.69) is 9.97 Å². The maximum absolute atomic E-state index is 12.6. The van der Waals surface area contributed by atoms with Crippen LogP contribution >= 0.6 is 11.8 Å². The molecule has 20 heavy (non-hydrogen) atoms. The van der Waals surface area contributed by atoms with E-state index in [4.69, 9.17) is 5.73 Å². The highest BCUT2D eigenvalue weighted by Gasteiger charge is 2.35. The van der Waals surface area contributed by atoms with Gasteiger partial charge in [0.25, 0.3) is 0 Å². The number of aromatic nitrogens is 2. The largest absolute Gasteiger partial charge is 0.433 e. The van der Waals surface area contributed by atoms with E-state index < -0.39 is 11.9 Å². The molecule has 2 heterocycles. The summed E-state index contributed by atoms with van der Waals surface area (Å²) >= 11 is 1.73. The summed E-state index contributed by atoms with van der Waals surface area (Å²) < 4.78 is 37.9. The van der Waals surface area contributed by atoms with Gasteiger partial charge in [-0.3, -0.25) is 0 Å². The van der Waals surface area contributed by atoms with Crippen molar-refractivity contribution in [2.45, 2.75) is 23.8 Å². The molecule has 1 aromatic heterocycles. The Morgan fingerprint density at radius 1 is 1.40 bits per heavy atom. The third-order valence-corrected chi connectivity index (χ3v) is 5.14. The number of piperidine rings is 1. The quantitative estimate of drug-likeness (QED) is 0.927. The highest BCUT2D eigenvalue weighted by atomic mass is 32.2. The number of thioether (sulfide) groups is 1. The van der Waals surface area contributed by atoms with Gasteiger partial charge in [0, 0.05) is 30.6 Å². The first-order valence-electron chi connectivity index (χ1n) is 6.31. The summed E-state index contributed by atoms with van der Waals surface area (Å²) in [6.07, 6.45) is 0.385. The van der Waals surface area contributed by atoms with Crippen LogP contribution in [0.1, 0.15) is 18.5 Å². The van der Waals surface area contributed by atoms with Gasteiger partial charge >= 0.3 is 6.18 Å². The fraction of sp³-hybridized carbons (Fsp3) is 0.667. The van der Waals surface area contributed by atoms with Gasteiger partial charge in [0.2, 0.25) is 5.95 Å². The Kier molecular flexibility index (Phi) is 4.43. The summed E-state index contributed by atoms with van der Waals surface area (Å²) in [6.45, 7) is 1.82. The zero-order valence-corrected chi connectivity index (χ0v) is 12.0. The molecule has 2 N–H and O–H groups in total. The second kappa shape index (κ2) is 5.77. The summed E-state index contributed by atoms with van der Waals surface area (Å²) in [6, 6.07) is 0.888. The topological polar surface area (TPSA) is 55.0 Å². The first-order chi connectivity index (χ1) is 9.40. The zero-order valence-electron chi connectivity index (χ0n) is 11.2. The molecule has 0 bridgehead atoms. The number of rotatable bonds is 3. The number of nitrogens with zero attached hydrogens (tertiary/aromatic N) is 3. The molecule has 0 aliphatic carbocycles. The van der Waals surface area contributed by atoms with Gasteiger partial charge in [-0.05, 0) is 25.2 Å². The van der Waals surface area contributed by atoms with E-state index in [1.54, 1.807) is 16.7 Å². The molecule has 2 rings (SSSR count). The van der Waals surface area contributed by atoms with E-state index in [1.165, 1.54) is 0 Å². The number of halogens is 3. The minimum Gasteiger partial charge on any atom is -0.341 e. The fourth-order valence-electron chi connectivity index (χ4n) is 2.26. The van der Waals surface area contributed by atoms with Crippen LogP contribution in [-0.2, 0) is 6.18 Å². The molecule has 1 saturated heterocycles. The van der Waals surface area contributed by atoms with E-state index in [-0.39, 0.29) is 10.7 Å². The van der Waals surface area contributed by atoms with Crippen molar-refractivity contribution in [3.8, 4) is 0 Å². The van der Waals surface area contributed by atoms with Gasteiger partial charge in [0.1, 0.15) is 5.69 Å². The predicted molar refractivity (Wildman–Crippen MR) is 73.8 cm³/mol. The lowest BCUT2D eigenvalue weighted by Crippen LogP contribution is -2.47. The van der Waals surface area contributed by atoms with Crippen molar-refractivity contribution in [2.75, 3.05) is 30.8 Å². The number of alkyl halides is 3. The molecular formula is C12H17F3N4S. The van der Waals surface area contributed by atoms with Gasteiger partial charge in [0.15, 0.2) is 0 Å². The predicted octanol–water partition coefficient (Wildman–Crippen LogP) is 2.16. The van der Waals surface area contributed by atoms with Crippen LogP contribution in [0.25, 0.3) is 0 Å². The van der Waals surface area contributed by atoms with Gasteiger partial charge in [0.05, 0.1) is 0 Å². The summed E-state index contributed by atoms with van der Waals surface area (Å²) in [5.41, 5.74) is 4.89. The first-order valence-corrected chi connectivity index (χ1v) is 7.53. The van der Waals surface area contributed by atoms with Crippen LogP contribution in [-0.4, -0.2) is 40.6 Å². The highest BCUT2D eigenvalue weighted by molar-refractivity contribution is 8.00. The monoisotopic (exact) mass is 306 g/mol. The molecule has 0 atom stereocenters. The number of hydrogen-bond donors (Lipinski definition) is 1. The minimum atomic E-state index is -4.44. The molecule has 0 unspecified atom stereocenters. The van der Waals surface area contributed by atoms with Crippen LogP contribution in [0.15, 0.2) is 12.3 Å². The van der Waals surface area contributed by atoms with Crippen LogP contribution < -0.4 is 10.6 Å². The Labute approximate surface area is 120 Å². The van der Waals surface area contributed by atoms with E-state index in [9.17, 15) is 13.2 Å². The van der Waals surface area contributed by atoms with Crippen molar-refractivity contribution in [3.05, 3.63) is 18.0 Å². The van der Waals surface area contributed by atoms with Crippen molar-refractivity contribution < 1.29 is 13.2 Å². The van der Waals surface area contributed by atoms with Crippen molar-refractivity contribution in [2.24, 2.45) is 5.73 Å². The Balaban J connectivity index is 2.11. The Hall–Kier alpha value is -1.02. The molecule has 4 nitrogen and oxygen atoms in total. The van der Waals surface area contributed by atoms with Crippen molar-refractivity contribution in [3.63, 3.8) is 0 Å². The van der Waals surface area contributed by atoms with Gasteiger partial charge in [-0.15, -0.1) is 0 Å². The summed E-state index contributed by atoms with van der Waals surface area (Å²) in [5.74, 6) is 0.145. The first kappa shape index (κ1) is 15.4. The molecule has 0 spiro atoms. The SMILES string of the molecule is CSC1(CN)CCN(c2nccc(C(F)(F)F)n2)CC1. The fourth-order valence-corrected chi connectivity index (χ4v) is 3.02. The summed E-state index contributed by atoms with van der Waals surface area (Å²) in [5, 5.41) is 0. The molecule has 1 fully saturated rings. The summed E-state index contributed by atoms with van der Waals surface area (Å²) in [7, 11) is 0. The second-order valence-electron chi connectivity index (χ2n) is 4.82. The second-order valence-corrected chi connectivity index (χ2v) is 6.09. The van der Waals surface area contributed by atoms with Gasteiger partial charge in [-0.1, -0.05) is 0 Å². The molecule has 0 aromatic carbocycles. The maximum Gasteiger partial charge on any atom is 0.433 e. The third-order valence-electron chi connectivity index (χ3n) is 3.70. The average molecular weight is 306 g/mol. The van der Waals surface area contributed by atoms with Gasteiger partial charge in [-0.25, -0.2) is 9.97 Å². The minimum absolute atomic E-state index is 0.0259. The molecular weight excluding hydrogens is 289 g/mol. The van der Waals surface area contributed by atoms with Crippen LogP contribution in [0.5, 0.6) is 0 Å². The smallest absolute Gasteiger partial charge is 0.341 e. The molecule has 0 radical (unpaired) electrons. The molecule has 0 amide bonds. The van der Waals surface area contributed by atoms with Gasteiger partial charge in [-0.2, -0.15) is 24.9 Å². The maximum atomic E-state index is 12.6. The summed E-state index contributed by atoms with van der Waals surface area (Å²) in [4.78, 5) is 9.36. The normalized spacial score (nSPS) is 19.1. The lowest BCUT2D eigenvalue weighted by molar-refractivity contribution is -0.141. The van der Waals surface area contributed by atoms with Crippen LogP contribution in [0.3, 0.4) is 0 Å². The zero-order chi connectivity index (χ0) is 14.8. The van der Waals surface area contributed by atoms with E-state index in [0.717, 1.165) is 25.1 Å². The molecule has 0 saturated carbocycles. The number of anilines is 1.